The van der Waals surface area contributed by atoms with Gasteiger partial charge in [0.25, 0.3) is 0 Å². The molecule has 0 amide bonds. The van der Waals surface area contributed by atoms with Crippen molar-refractivity contribution in [3.63, 3.8) is 0 Å². The van der Waals surface area contributed by atoms with Crippen molar-refractivity contribution in [1.29, 1.82) is 0 Å². The summed E-state index contributed by atoms with van der Waals surface area (Å²) in [5.41, 5.74) is 5.54. The Kier molecular flexibility index (Phi) is 10.6. The predicted molar refractivity (Wildman–Crippen MR) is 156 cm³/mol. The number of hydrogen-bond acceptors (Lipinski definition) is 4. The molecule has 0 aromatic heterocycles. The Labute approximate surface area is 231 Å². The van der Waals surface area contributed by atoms with Gasteiger partial charge in [-0.05, 0) is 84.7 Å². The van der Waals surface area contributed by atoms with Crippen LogP contribution in [-0.4, -0.2) is 28.9 Å². The van der Waals surface area contributed by atoms with Crippen molar-refractivity contribution in [2.75, 3.05) is 0 Å². The van der Waals surface area contributed by atoms with E-state index >= 15 is 0 Å². The van der Waals surface area contributed by atoms with Crippen molar-refractivity contribution < 1.29 is 16.8 Å². The fourth-order valence-corrected chi connectivity index (χ4v) is 9.52. The lowest BCUT2D eigenvalue weighted by molar-refractivity contribution is 0.340. The lowest BCUT2D eigenvalue weighted by atomic mass is 9.92. The molecule has 8 heteroatoms. The Morgan fingerprint density at radius 3 is 1.08 bits per heavy atom. The van der Waals surface area contributed by atoms with E-state index in [0.717, 1.165) is 59.1 Å². The molecule has 212 valence electrons. The van der Waals surface area contributed by atoms with Gasteiger partial charge >= 0.3 is 0 Å². The molecular weight excluding hydrogens is 516 g/mol. The van der Waals surface area contributed by atoms with Crippen molar-refractivity contribution in [3.05, 3.63) is 57.6 Å². The van der Waals surface area contributed by atoms with Gasteiger partial charge in [-0.15, -0.1) is 0 Å². The Hall–Kier alpha value is -1.74. The molecule has 0 heterocycles. The number of rotatable bonds is 12. The molecule has 2 atom stereocenters. The van der Waals surface area contributed by atoms with Crippen LogP contribution < -0.4 is 9.44 Å². The quantitative estimate of drug-likeness (QED) is 0.351. The average molecular weight is 563 g/mol. The van der Waals surface area contributed by atoms with Gasteiger partial charge in [0.05, 0.1) is 9.79 Å². The monoisotopic (exact) mass is 562 g/mol. The molecular formula is C30H46N2O4S2. The van der Waals surface area contributed by atoms with E-state index in [0.29, 0.717) is 48.3 Å². The van der Waals surface area contributed by atoms with Crippen LogP contribution in [-0.2, 0) is 58.6 Å². The van der Waals surface area contributed by atoms with Gasteiger partial charge in [0.1, 0.15) is 0 Å². The molecule has 2 aromatic carbocycles. The maximum atomic E-state index is 13.8. The van der Waals surface area contributed by atoms with Crippen molar-refractivity contribution in [2.45, 2.75) is 128 Å². The van der Waals surface area contributed by atoms with E-state index in [1.54, 1.807) is 0 Å². The fourth-order valence-electron chi connectivity index (χ4n) is 5.73. The molecule has 0 unspecified atom stereocenters. The fraction of sp³-hybridized carbons (Fsp3) is 0.600. The van der Waals surface area contributed by atoms with Crippen LogP contribution in [0.25, 0.3) is 0 Å². The second kappa shape index (κ2) is 13.1. The molecule has 6 nitrogen and oxygen atoms in total. The van der Waals surface area contributed by atoms with E-state index in [1.165, 1.54) is 0 Å². The minimum absolute atomic E-state index is 0.364. The summed E-state index contributed by atoms with van der Waals surface area (Å²) in [7, 11) is -7.69. The van der Waals surface area contributed by atoms with Crippen molar-refractivity contribution in [3.8, 4) is 0 Å². The highest BCUT2D eigenvalue weighted by molar-refractivity contribution is 7.90. The highest BCUT2D eigenvalue weighted by Crippen LogP contribution is 2.30. The molecule has 1 aliphatic rings. The summed E-state index contributed by atoms with van der Waals surface area (Å²) in [5, 5.41) is 0. The van der Waals surface area contributed by atoms with Gasteiger partial charge in [-0.3, -0.25) is 0 Å². The second-order valence-electron chi connectivity index (χ2n) is 10.3. The van der Waals surface area contributed by atoms with Crippen LogP contribution in [0.3, 0.4) is 0 Å². The predicted octanol–water partition coefficient (Wildman–Crippen LogP) is 5.63. The molecule has 3 rings (SSSR count). The van der Waals surface area contributed by atoms with Crippen LogP contribution in [0, 0.1) is 0 Å². The van der Waals surface area contributed by atoms with Gasteiger partial charge in [0.2, 0.25) is 20.0 Å². The van der Waals surface area contributed by atoms with Crippen LogP contribution >= 0.6 is 0 Å². The molecule has 38 heavy (non-hydrogen) atoms. The zero-order valence-electron chi connectivity index (χ0n) is 24.0. The summed E-state index contributed by atoms with van der Waals surface area (Å²) in [6.45, 7) is 12.1. The van der Waals surface area contributed by atoms with E-state index < -0.39 is 32.1 Å². The van der Waals surface area contributed by atoms with E-state index in [1.807, 2.05) is 52.0 Å². The van der Waals surface area contributed by atoms with Crippen molar-refractivity contribution >= 4 is 20.0 Å². The third kappa shape index (κ3) is 6.69. The largest absolute Gasteiger partial charge is 0.241 e. The van der Waals surface area contributed by atoms with E-state index in [4.69, 9.17) is 0 Å². The average Bonchev–Trinajstić information content (AvgIpc) is 2.91. The van der Waals surface area contributed by atoms with Crippen LogP contribution in [0.15, 0.2) is 34.1 Å². The van der Waals surface area contributed by atoms with E-state index in [-0.39, 0.29) is 0 Å². The maximum Gasteiger partial charge on any atom is 0.241 e. The third-order valence-corrected chi connectivity index (χ3v) is 11.2. The maximum absolute atomic E-state index is 13.8. The Morgan fingerprint density at radius 1 is 0.553 bits per heavy atom. The molecule has 2 N–H and O–H groups in total. The normalized spacial score (nSPS) is 18.6. The third-order valence-electron chi connectivity index (χ3n) is 7.86. The highest BCUT2D eigenvalue weighted by atomic mass is 32.2. The number of benzene rings is 2. The first-order chi connectivity index (χ1) is 18.0. The summed E-state index contributed by atoms with van der Waals surface area (Å²) < 4.78 is 61.2. The molecule has 0 bridgehead atoms. The number of sulfonamides is 2. The first-order valence-corrected chi connectivity index (χ1v) is 17.4. The molecule has 0 radical (unpaired) electrons. The second-order valence-corrected chi connectivity index (χ2v) is 13.6. The van der Waals surface area contributed by atoms with Crippen molar-refractivity contribution in [2.24, 2.45) is 0 Å². The lowest BCUT2D eigenvalue weighted by Crippen LogP contribution is -2.53. The molecule has 1 fully saturated rings. The topological polar surface area (TPSA) is 92.3 Å². The zero-order chi connectivity index (χ0) is 28.1. The molecule has 0 aliphatic heterocycles. The van der Waals surface area contributed by atoms with Crippen molar-refractivity contribution in [1.82, 2.24) is 9.44 Å². The molecule has 2 aromatic rings. The smallest absolute Gasteiger partial charge is 0.207 e. The number of hydrogen-bond donors (Lipinski definition) is 2. The Balaban J connectivity index is 1.97. The van der Waals surface area contributed by atoms with E-state index in [2.05, 4.69) is 23.3 Å². The summed E-state index contributed by atoms with van der Waals surface area (Å²) >= 11 is 0. The van der Waals surface area contributed by atoms with Crippen LogP contribution in [0.2, 0.25) is 0 Å². The summed E-state index contributed by atoms with van der Waals surface area (Å²) in [6.07, 6.45) is 7.06. The van der Waals surface area contributed by atoms with Crippen LogP contribution in [0.1, 0.15) is 101 Å². The van der Waals surface area contributed by atoms with Crippen LogP contribution in [0.4, 0.5) is 0 Å². The summed E-state index contributed by atoms with van der Waals surface area (Å²) in [5.74, 6) is 0. The molecule has 0 spiro atoms. The van der Waals surface area contributed by atoms with Gasteiger partial charge in [-0.25, -0.2) is 26.3 Å². The van der Waals surface area contributed by atoms with Gasteiger partial charge in [-0.1, -0.05) is 78.6 Å². The van der Waals surface area contributed by atoms with Gasteiger partial charge in [0, 0.05) is 12.1 Å². The summed E-state index contributed by atoms with van der Waals surface area (Å²) in [6, 6.07) is 6.96. The minimum Gasteiger partial charge on any atom is -0.207 e. The Morgan fingerprint density at radius 2 is 0.842 bits per heavy atom. The first kappa shape index (κ1) is 30.8. The van der Waals surface area contributed by atoms with Gasteiger partial charge in [-0.2, -0.15) is 0 Å². The lowest BCUT2D eigenvalue weighted by Gasteiger charge is -2.33. The number of aryl methyl sites for hydroxylation is 6. The van der Waals surface area contributed by atoms with Gasteiger partial charge < -0.3 is 0 Å². The zero-order valence-corrected chi connectivity index (χ0v) is 25.6. The summed E-state index contributed by atoms with van der Waals surface area (Å²) in [4.78, 5) is 0.729. The Bertz CT molecular complexity index is 1180. The SMILES string of the molecule is CCc1cc(CC)c(S(=O)(=O)N[C@@H]2CCCC[C@H]2NS(=O)(=O)c2c(CC)cc(CC)cc2CC)c(CC)c1. The number of nitrogens with one attached hydrogen (secondary N) is 2. The standard InChI is InChI=1S/C30H46N2O4S2/c1-7-21-17-23(9-3)29(24(10-4)18-21)37(33,34)31-27-15-13-14-16-28(27)32-38(35,36)30-25(11-5)19-22(8-2)20-26(30)12-6/h17-20,27-28,31-32H,7-16H2,1-6H3/t27-,28-/m1/s1. The van der Waals surface area contributed by atoms with Gasteiger partial charge in [0.15, 0.2) is 0 Å². The van der Waals surface area contributed by atoms with E-state index in [9.17, 15) is 16.8 Å². The molecule has 1 saturated carbocycles. The molecule has 0 saturated heterocycles. The van der Waals surface area contributed by atoms with Crippen LogP contribution in [0.5, 0.6) is 0 Å². The molecule has 1 aliphatic carbocycles. The first-order valence-electron chi connectivity index (χ1n) is 14.4. The minimum atomic E-state index is -3.84. The highest BCUT2D eigenvalue weighted by Gasteiger charge is 2.35.